The molecule has 0 amide bonds. The SMILES string of the molecule is NCc1ccc(CNc2cc(F)c(Br)cc2[N+](=O)[O-])cc1. The molecule has 0 aliphatic carbocycles. The van der Waals surface area contributed by atoms with Crippen LogP contribution in [0.4, 0.5) is 15.8 Å². The highest BCUT2D eigenvalue weighted by molar-refractivity contribution is 9.10. The van der Waals surface area contributed by atoms with Crippen molar-refractivity contribution >= 4 is 27.3 Å². The monoisotopic (exact) mass is 353 g/mol. The van der Waals surface area contributed by atoms with Crippen LogP contribution < -0.4 is 11.1 Å². The van der Waals surface area contributed by atoms with E-state index in [0.29, 0.717) is 13.1 Å². The summed E-state index contributed by atoms with van der Waals surface area (Å²) in [6, 6.07) is 9.76. The van der Waals surface area contributed by atoms with Crippen molar-refractivity contribution in [2.24, 2.45) is 5.73 Å². The zero-order chi connectivity index (χ0) is 15.4. The van der Waals surface area contributed by atoms with Gasteiger partial charge in [0.1, 0.15) is 11.5 Å². The first-order valence-corrected chi connectivity index (χ1v) is 6.95. The van der Waals surface area contributed by atoms with E-state index in [2.05, 4.69) is 21.2 Å². The van der Waals surface area contributed by atoms with Crippen LogP contribution in [0.2, 0.25) is 0 Å². The van der Waals surface area contributed by atoms with Crippen molar-refractivity contribution in [1.82, 2.24) is 0 Å². The number of hydrogen-bond donors (Lipinski definition) is 2. The summed E-state index contributed by atoms with van der Waals surface area (Å²) in [4.78, 5) is 10.4. The molecule has 0 radical (unpaired) electrons. The molecule has 21 heavy (non-hydrogen) atoms. The smallest absolute Gasteiger partial charge is 0.293 e. The topological polar surface area (TPSA) is 81.2 Å². The molecule has 0 unspecified atom stereocenters. The summed E-state index contributed by atoms with van der Waals surface area (Å²) in [6.07, 6.45) is 0. The molecule has 0 bridgehead atoms. The number of benzene rings is 2. The lowest BCUT2D eigenvalue weighted by Gasteiger charge is -2.09. The van der Waals surface area contributed by atoms with Crippen LogP contribution in [0.5, 0.6) is 0 Å². The third-order valence-electron chi connectivity index (χ3n) is 2.98. The Balaban J connectivity index is 2.18. The summed E-state index contributed by atoms with van der Waals surface area (Å²) in [5.74, 6) is -0.554. The number of nitrogens with zero attached hydrogens (tertiary/aromatic N) is 1. The van der Waals surface area contributed by atoms with Gasteiger partial charge in [0.05, 0.1) is 9.40 Å². The Morgan fingerprint density at radius 1 is 1.24 bits per heavy atom. The lowest BCUT2D eigenvalue weighted by atomic mass is 10.1. The standard InChI is InChI=1S/C14H13BrFN3O2/c15-11-5-14(19(20)21)13(6-12(11)16)18-8-10-3-1-9(7-17)2-4-10/h1-6,18H,7-8,17H2. The Kier molecular flexibility index (Phi) is 4.87. The zero-order valence-corrected chi connectivity index (χ0v) is 12.6. The highest BCUT2D eigenvalue weighted by Crippen LogP contribution is 2.30. The van der Waals surface area contributed by atoms with Crippen LogP contribution >= 0.6 is 15.9 Å². The van der Waals surface area contributed by atoms with E-state index in [1.807, 2.05) is 24.3 Å². The Morgan fingerprint density at radius 2 is 1.86 bits per heavy atom. The van der Waals surface area contributed by atoms with Gasteiger partial charge in [0.2, 0.25) is 0 Å². The number of anilines is 1. The third kappa shape index (κ3) is 3.77. The second kappa shape index (κ2) is 6.64. The Labute approximate surface area is 129 Å². The van der Waals surface area contributed by atoms with E-state index in [1.54, 1.807) is 0 Å². The zero-order valence-electron chi connectivity index (χ0n) is 11.0. The molecule has 0 aliphatic heterocycles. The highest BCUT2D eigenvalue weighted by atomic mass is 79.9. The molecule has 7 heteroatoms. The fourth-order valence-corrected chi connectivity index (χ4v) is 2.15. The van der Waals surface area contributed by atoms with E-state index >= 15 is 0 Å². The number of rotatable bonds is 5. The van der Waals surface area contributed by atoms with E-state index in [9.17, 15) is 14.5 Å². The van der Waals surface area contributed by atoms with E-state index < -0.39 is 10.7 Å². The minimum atomic E-state index is -0.554. The fraction of sp³-hybridized carbons (Fsp3) is 0.143. The maximum atomic E-state index is 13.5. The van der Waals surface area contributed by atoms with Crippen molar-refractivity contribution < 1.29 is 9.31 Å². The second-order valence-electron chi connectivity index (χ2n) is 4.41. The molecule has 0 spiro atoms. The lowest BCUT2D eigenvalue weighted by Crippen LogP contribution is -2.04. The van der Waals surface area contributed by atoms with Gasteiger partial charge < -0.3 is 11.1 Å². The number of nitro groups is 1. The summed E-state index contributed by atoms with van der Waals surface area (Å²) < 4.78 is 13.6. The van der Waals surface area contributed by atoms with Crippen molar-refractivity contribution in [2.75, 3.05) is 5.32 Å². The van der Waals surface area contributed by atoms with Gasteiger partial charge in [-0.2, -0.15) is 0 Å². The van der Waals surface area contributed by atoms with Crippen LogP contribution in [-0.4, -0.2) is 4.92 Å². The van der Waals surface area contributed by atoms with Crippen LogP contribution in [-0.2, 0) is 13.1 Å². The summed E-state index contributed by atoms with van der Waals surface area (Å²) >= 11 is 2.94. The molecule has 5 nitrogen and oxygen atoms in total. The molecule has 2 aromatic carbocycles. The van der Waals surface area contributed by atoms with Crippen LogP contribution in [0.1, 0.15) is 11.1 Å². The maximum Gasteiger partial charge on any atom is 0.293 e. The molecule has 0 fully saturated rings. The van der Waals surface area contributed by atoms with Crippen LogP contribution in [0.25, 0.3) is 0 Å². The number of hydrogen-bond acceptors (Lipinski definition) is 4. The summed E-state index contributed by atoms with van der Waals surface area (Å²) in [5, 5.41) is 13.9. The Hall–Kier alpha value is -1.99. The lowest BCUT2D eigenvalue weighted by molar-refractivity contribution is -0.384. The second-order valence-corrected chi connectivity index (χ2v) is 5.27. The van der Waals surface area contributed by atoms with Gasteiger partial charge in [-0.3, -0.25) is 10.1 Å². The summed E-state index contributed by atoms with van der Waals surface area (Å²) in [7, 11) is 0. The van der Waals surface area contributed by atoms with Gasteiger partial charge in [-0.25, -0.2) is 4.39 Å². The van der Waals surface area contributed by atoms with Gasteiger partial charge in [-0.15, -0.1) is 0 Å². The van der Waals surface area contributed by atoms with Crippen LogP contribution in [0, 0.1) is 15.9 Å². The van der Waals surface area contributed by atoms with Gasteiger partial charge >= 0.3 is 0 Å². The van der Waals surface area contributed by atoms with Crippen molar-refractivity contribution in [1.29, 1.82) is 0 Å². The Morgan fingerprint density at radius 3 is 2.43 bits per heavy atom. The van der Waals surface area contributed by atoms with Gasteiger partial charge in [-0.05, 0) is 27.1 Å². The van der Waals surface area contributed by atoms with Crippen LogP contribution in [0.3, 0.4) is 0 Å². The molecule has 0 heterocycles. The minimum Gasteiger partial charge on any atom is -0.375 e. The molecule has 0 atom stereocenters. The molecule has 2 rings (SSSR count). The van der Waals surface area contributed by atoms with E-state index in [1.165, 1.54) is 0 Å². The predicted octanol–water partition coefficient (Wildman–Crippen LogP) is 3.57. The largest absolute Gasteiger partial charge is 0.375 e. The average Bonchev–Trinajstić information content (AvgIpc) is 2.48. The first-order chi connectivity index (χ1) is 10.0. The summed E-state index contributed by atoms with van der Waals surface area (Å²) in [6.45, 7) is 0.809. The quantitative estimate of drug-likeness (QED) is 0.635. The number of nitro benzene ring substituents is 1. The molecule has 0 saturated heterocycles. The van der Waals surface area contributed by atoms with Gasteiger partial charge in [0.15, 0.2) is 0 Å². The first-order valence-electron chi connectivity index (χ1n) is 6.16. The molecule has 3 N–H and O–H groups in total. The van der Waals surface area contributed by atoms with Gasteiger partial charge in [0, 0.05) is 25.2 Å². The molecular weight excluding hydrogens is 341 g/mol. The van der Waals surface area contributed by atoms with Gasteiger partial charge in [0.25, 0.3) is 5.69 Å². The number of halogens is 2. The van der Waals surface area contributed by atoms with Crippen molar-refractivity contribution in [3.63, 3.8) is 0 Å². The number of nitrogens with two attached hydrogens (primary N) is 1. The van der Waals surface area contributed by atoms with Gasteiger partial charge in [-0.1, -0.05) is 24.3 Å². The van der Waals surface area contributed by atoms with Crippen LogP contribution in [0.15, 0.2) is 40.9 Å². The fourth-order valence-electron chi connectivity index (χ4n) is 1.82. The van der Waals surface area contributed by atoms with E-state index in [4.69, 9.17) is 5.73 Å². The molecule has 110 valence electrons. The molecule has 0 aliphatic rings. The molecule has 2 aromatic rings. The van der Waals surface area contributed by atoms with Crippen molar-refractivity contribution in [3.8, 4) is 0 Å². The minimum absolute atomic E-state index is 0.0621. The summed E-state index contributed by atoms with van der Waals surface area (Å²) in [5.41, 5.74) is 7.40. The van der Waals surface area contributed by atoms with Crippen molar-refractivity contribution in [2.45, 2.75) is 13.1 Å². The normalized spacial score (nSPS) is 10.4. The van der Waals surface area contributed by atoms with Crippen molar-refractivity contribution in [3.05, 3.63) is 67.9 Å². The maximum absolute atomic E-state index is 13.5. The number of nitrogens with one attached hydrogen (secondary N) is 1. The average molecular weight is 354 g/mol. The third-order valence-corrected chi connectivity index (χ3v) is 3.58. The van der Waals surface area contributed by atoms with E-state index in [-0.39, 0.29) is 15.8 Å². The highest BCUT2D eigenvalue weighted by Gasteiger charge is 2.17. The molecular formula is C14H13BrFN3O2. The molecule has 0 aromatic heterocycles. The first kappa shape index (κ1) is 15.4. The van der Waals surface area contributed by atoms with E-state index in [0.717, 1.165) is 23.3 Å². The predicted molar refractivity (Wildman–Crippen MR) is 82.4 cm³/mol. The Bertz CT molecular complexity index is 662. The molecule has 0 saturated carbocycles.